The van der Waals surface area contributed by atoms with Crippen LogP contribution in [0.15, 0.2) is 24.9 Å². The Morgan fingerprint density at radius 1 is 1.73 bits per heavy atom. The highest BCUT2D eigenvalue weighted by atomic mass is 35.5. The molecule has 1 aromatic rings. The summed E-state index contributed by atoms with van der Waals surface area (Å²) in [6.45, 7) is 5.81. The molecule has 0 aliphatic rings. The highest BCUT2D eigenvalue weighted by Crippen LogP contribution is 2.11. The molecule has 0 spiro atoms. The average Bonchev–Trinajstić information content (AvgIpc) is 2.03. The van der Waals surface area contributed by atoms with Gasteiger partial charge in [0.05, 0.1) is 5.69 Å². The maximum atomic E-state index is 5.60. The zero-order valence-electron chi connectivity index (χ0n) is 6.47. The lowest BCUT2D eigenvalue weighted by Gasteiger charge is -2.00. The second kappa shape index (κ2) is 3.54. The Kier molecular flexibility index (Phi) is 2.66. The number of hydrogen-bond donors (Lipinski definition) is 0. The lowest BCUT2D eigenvalue weighted by Crippen LogP contribution is -1.88. The molecule has 1 rings (SSSR count). The Morgan fingerprint density at radius 2 is 2.45 bits per heavy atom. The summed E-state index contributed by atoms with van der Waals surface area (Å²) in [7, 11) is 0. The van der Waals surface area contributed by atoms with Crippen LogP contribution in [0.5, 0.6) is 0 Å². The van der Waals surface area contributed by atoms with Crippen LogP contribution >= 0.6 is 11.6 Å². The molecule has 2 heteroatoms. The number of allylic oxidation sites excluding steroid dienone is 1. The number of hydrogen-bond acceptors (Lipinski definition) is 1. The first-order valence-electron chi connectivity index (χ1n) is 3.41. The van der Waals surface area contributed by atoms with Crippen molar-refractivity contribution in [1.82, 2.24) is 4.98 Å². The van der Waals surface area contributed by atoms with Crippen LogP contribution in [0, 0.1) is 6.92 Å². The first kappa shape index (κ1) is 8.28. The van der Waals surface area contributed by atoms with Crippen molar-refractivity contribution in [3.8, 4) is 0 Å². The van der Waals surface area contributed by atoms with Crippen LogP contribution in [0.3, 0.4) is 0 Å². The Labute approximate surface area is 71.7 Å². The molecule has 0 amide bonds. The van der Waals surface area contributed by atoms with E-state index in [0.29, 0.717) is 5.88 Å². The van der Waals surface area contributed by atoms with Crippen molar-refractivity contribution in [3.05, 3.63) is 36.2 Å². The zero-order valence-corrected chi connectivity index (χ0v) is 7.23. The first-order chi connectivity index (χ1) is 5.24. The molecule has 0 fully saturated rings. The minimum atomic E-state index is 0.441. The van der Waals surface area contributed by atoms with Crippen molar-refractivity contribution in [2.75, 3.05) is 5.88 Å². The van der Waals surface area contributed by atoms with Crippen molar-refractivity contribution < 1.29 is 0 Å². The van der Waals surface area contributed by atoms with E-state index in [1.165, 1.54) is 5.56 Å². The maximum absolute atomic E-state index is 5.60. The predicted octanol–water partition coefficient (Wildman–Crippen LogP) is 2.64. The van der Waals surface area contributed by atoms with Crippen LogP contribution in [-0.2, 0) is 0 Å². The number of aromatic nitrogens is 1. The molecule has 11 heavy (non-hydrogen) atoms. The minimum absolute atomic E-state index is 0.441. The van der Waals surface area contributed by atoms with E-state index < -0.39 is 0 Å². The summed E-state index contributed by atoms with van der Waals surface area (Å²) in [6, 6.07) is 3.93. The van der Waals surface area contributed by atoms with Gasteiger partial charge < -0.3 is 0 Å². The summed E-state index contributed by atoms with van der Waals surface area (Å²) < 4.78 is 0. The molecule has 58 valence electrons. The van der Waals surface area contributed by atoms with Crippen LogP contribution in [0.2, 0.25) is 0 Å². The number of halogens is 1. The molecule has 1 nitrogen and oxygen atoms in total. The van der Waals surface area contributed by atoms with Crippen molar-refractivity contribution in [2.24, 2.45) is 0 Å². The molecular weight excluding hydrogens is 158 g/mol. The molecule has 0 bridgehead atoms. The Morgan fingerprint density at radius 3 is 3.00 bits per heavy atom. The Bertz CT molecular complexity index is 268. The van der Waals surface area contributed by atoms with Gasteiger partial charge in [-0.15, -0.1) is 11.6 Å². The molecule has 0 aliphatic heterocycles. The van der Waals surface area contributed by atoms with Crippen molar-refractivity contribution in [3.63, 3.8) is 0 Å². The SMILES string of the molecule is C=C(CCl)c1cc(C)ccn1. The van der Waals surface area contributed by atoms with Crippen LogP contribution in [0.1, 0.15) is 11.3 Å². The second-order valence-corrected chi connectivity index (χ2v) is 2.72. The van der Waals surface area contributed by atoms with Crippen LogP contribution in [-0.4, -0.2) is 10.9 Å². The fraction of sp³-hybridized carbons (Fsp3) is 0.222. The number of alkyl halides is 1. The van der Waals surface area contributed by atoms with Gasteiger partial charge in [0, 0.05) is 12.1 Å². The van der Waals surface area contributed by atoms with Gasteiger partial charge in [-0.2, -0.15) is 0 Å². The molecule has 0 saturated heterocycles. The summed E-state index contributed by atoms with van der Waals surface area (Å²) >= 11 is 5.60. The van der Waals surface area contributed by atoms with Gasteiger partial charge in [0.2, 0.25) is 0 Å². The number of nitrogens with zero attached hydrogens (tertiary/aromatic N) is 1. The van der Waals surface area contributed by atoms with E-state index in [4.69, 9.17) is 11.6 Å². The van der Waals surface area contributed by atoms with Crippen LogP contribution in [0.4, 0.5) is 0 Å². The summed E-state index contributed by atoms with van der Waals surface area (Å²) in [4.78, 5) is 4.13. The molecule has 0 atom stereocenters. The monoisotopic (exact) mass is 167 g/mol. The van der Waals surface area contributed by atoms with Crippen molar-refractivity contribution in [1.29, 1.82) is 0 Å². The maximum Gasteiger partial charge on any atom is 0.0670 e. The number of rotatable bonds is 2. The molecule has 1 heterocycles. The van der Waals surface area contributed by atoms with Gasteiger partial charge in [-0.05, 0) is 30.2 Å². The number of pyridine rings is 1. The molecule has 0 aromatic carbocycles. The van der Waals surface area contributed by atoms with Gasteiger partial charge in [-0.3, -0.25) is 4.98 Å². The Hall–Kier alpha value is -0.820. The zero-order chi connectivity index (χ0) is 8.27. The fourth-order valence-corrected chi connectivity index (χ4v) is 0.935. The van der Waals surface area contributed by atoms with E-state index in [1.807, 2.05) is 19.1 Å². The average molecular weight is 168 g/mol. The smallest absolute Gasteiger partial charge is 0.0670 e. The predicted molar refractivity (Wildman–Crippen MR) is 48.7 cm³/mol. The van der Waals surface area contributed by atoms with Gasteiger partial charge in [0.15, 0.2) is 0 Å². The van der Waals surface area contributed by atoms with E-state index in [2.05, 4.69) is 11.6 Å². The van der Waals surface area contributed by atoms with Gasteiger partial charge in [0.25, 0.3) is 0 Å². The van der Waals surface area contributed by atoms with Gasteiger partial charge in [-0.1, -0.05) is 6.58 Å². The minimum Gasteiger partial charge on any atom is -0.257 e. The molecule has 0 saturated carbocycles. The lowest BCUT2D eigenvalue weighted by molar-refractivity contribution is 1.24. The number of aryl methyl sites for hydroxylation is 1. The highest BCUT2D eigenvalue weighted by molar-refractivity contribution is 6.22. The van der Waals surface area contributed by atoms with Gasteiger partial charge in [0.1, 0.15) is 0 Å². The summed E-state index contributed by atoms with van der Waals surface area (Å²) in [5, 5.41) is 0. The van der Waals surface area contributed by atoms with E-state index >= 15 is 0 Å². The molecule has 0 aliphatic carbocycles. The van der Waals surface area contributed by atoms with E-state index in [1.54, 1.807) is 6.20 Å². The molecule has 0 radical (unpaired) electrons. The van der Waals surface area contributed by atoms with Crippen molar-refractivity contribution in [2.45, 2.75) is 6.92 Å². The second-order valence-electron chi connectivity index (χ2n) is 2.46. The molecule has 0 N–H and O–H groups in total. The van der Waals surface area contributed by atoms with E-state index in [0.717, 1.165) is 11.3 Å². The third-order valence-corrected chi connectivity index (χ3v) is 1.76. The largest absolute Gasteiger partial charge is 0.257 e. The summed E-state index contributed by atoms with van der Waals surface area (Å²) in [5.41, 5.74) is 2.94. The first-order valence-corrected chi connectivity index (χ1v) is 3.94. The molecular formula is C9H10ClN. The summed E-state index contributed by atoms with van der Waals surface area (Å²) in [6.07, 6.45) is 1.77. The van der Waals surface area contributed by atoms with E-state index in [9.17, 15) is 0 Å². The molecule has 1 aromatic heterocycles. The topological polar surface area (TPSA) is 12.9 Å². The van der Waals surface area contributed by atoms with E-state index in [-0.39, 0.29) is 0 Å². The third-order valence-electron chi connectivity index (χ3n) is 1.44. The third kappa shape index (κ3) is 2.05. The highest BCUT2D eigenvalue weighted by Gasteiger charge is 1.97. The van der Waals surface area contributed by atoms with Crippen molar-refractivity contribution >= 4 is 17.2 Å². The quantitative estimate of drug-likeness (QED) is 0.618. The Balaban J connectivity index is 2.96. The lowest BCUT2D eigenvalue weighted by atomic mass is 10.2. The normalized spacial score (nSPS) is 9.64. The van der Waals surface area contributed by atoms with Gasteiger partial charge >= 0.3 is 0 Å². The van der Waals surface area contributed by atoms with Crippen LogP contribution in [0.25, 0.3) is 5.57 Å². The molecule has 0 unspecified atom stereocenters. The summed E-state index contributed by atoms with van der Waals surface area (Å²) in [5.74, 6) is 0.441. The van der Waals surface area contributed by atoms with Gasteiger partial charge in [-0.25, -0.2) is 0 Å². The fourth-order valence-electron chi connectivity index (χ4n) is 0.798. The van der Waals surface area contributed by atoms with Crippen LogP contribution < -0.4 is 0 Å². The standard InChI is InChI=1S/C9H10ClN/c1-7-3-4-11-9(5-7)8(2)6-10/h3-5H,2,6H2,1H3.